The van der Waals surface area contributed by atoms with Crippen LogP contribution >= 0.6 is 0 Å². The molecule has 1 atom stereocenters. The number of H-pyrrole nitrogens is 1. The number of nitrogens with zero attached hydrogens (tertiary/aromatic N) is 1. The molecule has 1 amide bonds. The number of ether oxygens (including phenoxy) is 1. The highest BCUT2D eigenvalue weighted by Gasteiger charge is 2.19. The Morgan fingerprint density at radius 2 is 1.79 bits per heavy atom. The van der Waals surface area contributed by atoms with Gasteiger partial charge in [-0.3, -0.25) is 23.9 Å². The van der Waals surface area contributed by atoms with Gasteiger partial charge in [0.05, 0.1) is 10.9 Å². The molecule has 0 bridgehead atoms. The third kappa shape index (κ3) is 4.17. The van der Waals surface area contributed by atoms with Crippen molar-refractivity contribution in [1.82, 2.24) is 9.55 Å². The Morgan fingerprint density at radius 1 is 1.11 bits per heavy atom. The molecule has 1 heterocycles. The average Bonchev–Trinajstić information content (AvgIpc) is 2.67. The molecule has 8 nitrogen and oxygen atoms in total. The quantitative estimate of drug-likeness (QED) is 0.652. The molecule has 2 N–H and O–H groups in total. The standard InChI is InChI=1S/C20H19N3O5/c1-12-7-9-14(10-8-12)21-18(25)13(2)28-17(24)11-23-16-6-4-3-5-15(16)19(26)22-20(23)27/h3-10,13H,11H2,1-2H3,(H,21,25)(H,22,26,27). The lowest BCUT2D eigenvalue weighted by Gasteiger charge is -2.15. The van der Waals surface area contributed by atoms with E-state index in [-0.39, 0.29) is 5.39 Å². The van der Waals surface area contributed by atoms with Crippen LogP contribution in [-0.2, 0) is 20.9 Å². The lowest BCUT2D eigenvalue weighted by Crippen LogP contribution is -2.35. The van der Waals surface area contributed by atoms with Crippen LogP contribution in [0.4, 0.5) is 5.69 Å². The topological polar surface area (TPSA) is 110 Å². The Hall–Kier alpha value is -3.68. The van der Waals surface area contributed by atoms with Crippen molar-refractivity contribution in [3.63, 3.8) is 0 Å². The number of anilines is 1. The molecule has 0 radical (unpaired) electrons. The van der Waals surface area contributed by atoms with Gasteiger partial charge in [0.25, 0.3) is 11.5 Å². The van der Waals surface area contributed by atoms with Gasteiger partial charge in [0.1, 0.15) is 6.54 Å². The number of carbonyl (C=O) groups is 2. The summed E-state index contributed by atoms with van der Waals surface area (Å²) in [6.07, 6.45) is -1.06. The molecule has 0 aliphatic heterocycles. The molecule has 0 fully saturated rings. The molecule has 0 aliphatic rings. The Kier molecular flexibility index (Phi) is 5.39. The molecular formula is C20H19N3O5. The van der Waals surface area contributed by atoms with Crippen LogP contribution in [0, 0.1) is 6.92 Å². The molecular weight excluding hydrogens is 362 g/mol. The van der Waals surface area contributed by atoms with Crippen molar-refractivity contribution in [2.24, 2.45) is 0 Å². The predicted molar refractivity (Wildman–Crippen MR) is 104 cm³/mol. The second kappa shape index (κ2) is 7.91. The van der Waals surface area contributed by atoms with Gasteiger partial charge < -0.3 is 10.1 Å². The lowest BCUT2D eigenvalue weighted by atomic mass is 10.2. The number of rotatable bonds is 5. The van der Waals surface area contributed by atoms with Gasteiger partial charge in [-0.05, 0) is 38.1 Å². The first kappa shape index (κ1) is 19.1. The third-order valence-electron chi connectivity index (χ3n) is 4.19. The van der Waals surface area contributed by atoms with E-state index in [1.807, 2.05) is 19.1 Å². The van der Waals surface area contributed by atoms with E-state index in [4.69, 9.17) is 4.74 Å². The van der Waals surface area contributed by atoms with Crippen LogP contribution in [0.2, 0.25) is 0 Å². The van der Waals surface area contributed by atoms with E-state index >= 15 is 0 Å². The van der Waals surface area contributed by atoms with Gasteiger partial charge in [-0.1, -0.05) is 29.8 Å². The van der Waals surface area contributed by atoms with Gasteiger partial charge >= 0.3 is 11.7 Å². The smallest absolute Gasteiger partial charge is 0.329 e. The predicted octanol–water partition coefficient (Wildman–Crippen LogP) is 1.57. The largest absolute Gasteiger partial charge is 0.451 e. The summed E-state index contributed by atoms with van der Waals surface area (Å²) in [5.74, 6) is -1.26. The second-order valence-corrected chi connectivity index (χ2v) is 6.35. The maximum atomic E-state index is 12.3. The molecule has 0 saturated carbocycles. The fourth-order valence-corrected chi connectivity index (χ4v) is 2.70. The summed E-state index contributed by atoms with van der Waals surface area (Å²) in [7, 11) is 0. The molecule has 28 heavy (non-hydrogen) atoms. The molecule has 8 heteroatoms. The zero-order chi connectivity index (χ0) is 20.3. The summed E-state index contributed by atoms with van der Waals surface area (Å²) >= 11 is 0. The highest BCUT2D eigenvalue weighted by Crippen LogP contribution is 2.10. The molecule has 0 spiro atoms. The zero-order valence-corrected chi connectivity index (χ0v) is 15.4. The first-order valence-corrected chi connectivity index (χ1v) is 8.64. The Balaban J connectivity index is 1.71. The van der Waals surface area contributed by atoms with Crippen molar-refractivity contribution in [2.75, 3.05) is 5.32 Å². The van der Waals surface area contributed by atoms with Crippen LogP contribution in [0.3, 0.4) is 0 Å². The lowest BCUT2D eigenvalue weighted by molar-refractivity contribution is -0.153. The van der Waals surface area contributed by atoms with Crippen LogP contribution in [0.5, 0.6) is 0 Å². The zero-order valence-electron chi connectivity index (χ0n) is 15.4. The molecule has 0 saturated heterocycles. The van der Waals surface area contributed by atoms with Crippen molar-refractivity contribution in [1.29, 1.82) is 0 Å². The molecule has 0 aliphatic carbocycles. The molecule has 3 aromatic rings. The summed E-state index contributed by atoms with van der Waals surface area (Å²) in [6, 6.07) is 13.6. The highest BCUT2D eigenvalue weighted by atomic mass is 16.5. The van der Waals surface area contributed by atoms with Gasteiger partial charge in [-0.25, -0.2) is 4.79 Å². The number of benzene rings is 2. The third-order valence-corrected chi connectivity index (χ3v) is 4.19. The first-order valence-electron chi connectivity index (χ1n) is 8.64. The summed E-state index contributed by atoms with van der Waals surface area (Å²) < 4.78 is 6.24. The number of fused-ring (bicyclic) bond motifs is 1. The van der Waals surface area contributed by atoms with Crippen LogP contribution in [0.25, 0.3) is 10.9 Å². The van der Waals surface area contributed by atoms with Crippen molar-refractivity contribution in [3.05, 3.63) is 74.9 Å². The van der Waals surface area contributed by atoms with Gasteiger partial charge in [-0.15, -0.1) is 0 Å². The van der Waals surface area contributed by atoms with Gasteiger partial charge in [0.2, 0.25) is 0 Å². The number of aromatic nitrogens is 2. The van der Waals surface area contributed by atoms with E-state index in [2.05, 4.69) is 10.3 Å². The number of aromatic amines is 1. The number of hydrogen-bond acceptors (Lipinski definition) is 5. The molecule has 1 aromatic heterocycles. The second-order valence-electron chi connectivity index (χ2n) is 6.35. The highest BCUT2D eigenvalue weighted by molar-refractivity contribution is 5.95. The minimum absolute atomic E-state index is 0.278. The molecule has 144 valence electrons. The normalized spacial score (nSPS) is 11.8. The van der Waals surface area contributed by atoms with E-state index < -0.39 is 35.8 Å². The molecule has 1 unspecified atom stereocenters. The number of carbonyl (C=O) groups excluding carboxylic acids is 2. The number of esters is 1. The number of amides is 1. The van der Waals surface area contributed by atoms with Crippen molar-refractivity contribution in [3.8, 4) is 0 Å². The SMILES string of the molecule is Cc1ccc(NC(=O)C(C)OC(=O)Cn2c(=O)[nH]c(=O)c3ccccc32)cc1. The van der Waals surface area contributed by atoms with E-state index in [0.717, 1.165) is 10.1 Å². The van der Waals surface area contributed by atoms with Gasteiger partial charge in [0, 0.05) is 5.69 Å². The van der Waals surface area contributed by atoms with E-state index in [9.17, 15) is 19.2 Å². The Morgan fingerprint density at radius 3 is 2.50 bits per heavy atom. The Bertz CT molecular complexity index is 1140. The number of aryl methyl sites for hydroxylation is 1. The van der Waals surface area contributed by atoms with Crippen molar-refractivity contribution in [2.45, 2.75) is 26.5 Å². The summed E-state index contributed by atoms with van der Waals surface area (Å²) in [5.41, 5.74) is 0.691. The van der Waals surface area contributed by atoms with Gasteiger partial charge in [-0.2, -0.15) is 0 Å². The number of hydrogen-bond donors (Lipinski definition) is 2. The summed E-state index contributed by atoms with van der Waals surface area (Å²) in [6.45, 7) is 2.94. The average molecular weight is 381 g/mol. The van der Waals surface area contributed by atoms with E-state index in [1.165, 1.54) is 6.92 Å². The maximum absolute atomic E-state index is 12.3. The number of para-hydroxylation sites is 1. The van der Waals surface area contributed by atoms with Crippen LogP contribution < -0.4 is 16.6 Å². The van der Waals surface area contributed by atoms with Crippen LogP contribution in [0.15, 0.2) is 58.1 Å². The first-order chi connectivity index (χ1) is 13.3. The maximum Gasteiger partial charge on any atom is 0.329 e. The van der Waals surface area contributed by atoms with Crippen LogP contribution in [-0.4, -0.2) is 27.5 Å². The van der Waals surface area contributed by atoms with Crippen molar-refractivity contribution >= 4 is 28.5 Å². The van der Waals surface area contributed by atoms with Gasteiger partial charge in [0.15, 0.2) is 6.10 Å². The van der Waals surface area contributed by atoms with E-state index in [0.29, 0.717) is 11.2 Å². The molecule has 3 rings (SSSR count). The number of nitrogens with one attached hydrogen (secondary N) is 2. The van der Waals surface area contributed by atoms with Crippen molar-refractivity contribution < 1.29 is 14.3 Å². The molecule has 2 aromatic carbocycles. The minimum Gasteiger partial charge on any atom is -0.451 e. The van der Waals surface area contributed by atoms with Crippen LogP contribution in [0.1, 0.15) is 12.5 Å². The summed E-state index contributed by atoms with van der Waals surface area (Å²) in [5, 5.41) is 2.93. The van der Waals surface area contributed by atoms with E-state index in [1.54, 1.807) is 36.4 Å². The fourth-order valence-electron chi connectivity index (χ4n) is 2.70. The minimum atomic E-state index is -1.06. The monoisotopic (exact) mass is 381 g/mol. The summed E-state index contributed by atoms with van der Waals surface area (Å²) in [4.78, 5) is 50.6. The Labute approximate surface area is 159 Å². The fraction of sp³-hybridized carbons (Fsp3) is 0.200.